The highest BCUT2D eigenvalue weighted by molar-refractivity contribution is 5.73. The Labute approximate surface area is 108 Å². The molecule has 18 heavy (non-hydrogen) atoms. The summed E-state index contributed by atoms with van der Waals surface area (Å²) in [7, 11) is 0. The van der Waals surface area contributed by atoms with Crippen molar-refractivity contribution in [3.05, 3.63) is 17.5 Å². The van der Waals surface area contributed by atoms with Crippen LogP contribution >= 0.6 is 0 Å². The first-order valence-electron chi connectivity index (χ1n) is 6.39. The van der Waals surface area contributed by atoms with E-state index in [9.17, 15) is 4.79 Å². The second-order valence-corrected chi connectivity index (χ2v) is 4.91. The van der Waals surface area contributed by atoms with Crippen LogP contribution in [0.3, 0.4) is 0 Å². The molecular weight excluding hydrogens is 228 g/mol. The van der Waals surface area contributed by atoms with Crippen LogP contribution in [0.25, 0.3) is 0 Å². The normalized spacial score (nSPS) is 16.7. The number of aryl methyl sites for hydroxylation is 2. The third-order valence-electron chi connectivity index (χ3n) is 3.16. The highest BCUT2D eigenvalue weighted by Crippen LogP contribution is 2.17. The van der Waals surface area contributed by atoms with Gasteiger partial charge in [-0.15, -0.1) is 0 Å². The molecule has 1 aliphatic rings. The summed E-state index contributed by atoms with van der Waals surface area (Å²) in [4.78, 5) is 22.1. The van der Waals surface area contributed by atoms with Crippen LogP contribution in [0, 0.1) is 13.8 Å². The van der Waals surface area contributed by atoms with Gasteiger partial charge in [0.25, 0.3) is 0 Å². The Morgan fingerprint density at radius 2 is 1.83 bits per heavy atom. The Kier molecular flexibility index (Phi) is 3.79. The number of hydrogen-bond acceptors (Lipinski definition) is 4. The molecule has 0 unspecified atom stereocenters. The number of piperidine rings is 1. The molecule has 0 bridgehead atoms. The maximum atomic E-state index is 11.0. The maximum Gasteiger partial charge on any atom is 0.225 e. The molecule has 1 aliphatic heterocycles. The molecule has 0 spiro atoms. The minimum atomic E-state index is 0.0519. The topological polar surface area (TPSA) is 58.1 Å². The van der Waals surface area contributed by atoms with Crippen LogP contribution in [-0.2, 0) is 4.79 Å². The second-order valence-electron chi connectivity index (χ2n) is 4.91. The Balaban J connectivity index is 1.98. The lowest BCUT2D eigenvalue weighted by molar-refractivity contribution is -0.119. The van der Waals surface area contributed by atoms with Gasteiger partial charge in [-0.3, -0.25) is 4.79 Å². The van der Waals surface area contributed by atoms with Gasteiger partial charge in [0.05, 0.1) is 0 Å². The zero-order chi connectivity index (χ0) is 13.1. The first kappa shape index (κ1) is 12.8. The summed E-state index contributed by atoms with van der Waals surface area (Å²) in [5.41, 5.74) is 2.00. The molecule has 1 fully saturated rings. The van der Waals surface area contributed by atoms with Crippen molar-refractivity contribution in [2.75, 3.05) is 18.0 Å². The van der Waals surface area contributed by atoms with E-state index in [0.29, 0.717) is 6.04 Å². The van der Waals surface area contributed by atoms with E-state index >= 15 is 0 Å². The summed E-state index contributed by atoms with van der Waals surface area (Å²) in [6.45, 7) is 7.34. The van der Waals surface area contributed by atoms with Gasteiger partial charge in [-0.1, -0.05) is 0 Å². The van der Waals surface area contributed by atoms with Gasteiger partial charge in [-0.05, 0) is 32.8 Å². The Morgan fingerprint density at radius 1 is 1.28 bits per heavy atom. The molecule has 0 aliphatic carbocycles. The number of carbonyl (C=O) groups excluding carboxylic acids is 1. The van der Waals surface area contributed by atoms with Crippen molar-refractivity contribution in [2.24, 2.45) is 0 Å². The van der Waals surface area contributed by atoms with E-state index in [1.54, 1.807) is 6.92 Å². The van der Waals surface area contributed by atoms with Crippen LogP contribution in [0.1, 0.15) is 31.2 Å². The fraction of sp³-hybridized carbons (Fsp3) is 0.615. The van der Waals surface area contributed by atoms with Gasteiger partial charge in [0.1, 0.15) is 0 Å². The predicted octanol–water partition coefficient (Wildman–Crippen LogP) is 1.20. The van der Waals surface area contributed by atoms with Gasteiger partial charge in [0, 0.05) is 37.4 Å². The van der Waals surface area contributed by atoms with Crippen LogP contribution in [0.15, 0.2) is 6.07 Å². The van der Waals surface area contributed by atoms with Crippen LogP contribution in [-0.4, -0.2) is 35.0 Å². The number of nitrogens with zero attached hydrogens (tertiary/aromatic N) is 3. The van der Waals surface area contributed by atoms with E-state index in [1.165, 1.54) is 0 Å². The average Bonchev–Trinajstić information content (AvgIpc) is 2.27. The van der Waals surface area contributed by atoms with Gasteiger partial charge in [-0.2, -0.15) is 0 Å². The highest BCUT2D eigenvalue weighted by atomic mass is 16.1. The van der Waals surface area contributed by atoms with E-state index in [1.807, 2.05) is 19.9 Å². The van der Waals surface area contributed by atoms with Crippen molar-refractivity contribution >= 4 is 11.9 Å². The molecule has 98 valence electrons. The minimum absolute atomic E-state index is 0.0519. The SMILES string of the molecule is CC(=O)NC1CCN(c2nc(C)cc(C)n2)CC1. The van der Waals surface area contributed by atoms with Crippen LogP contribution in [0.2, 0.25) is 0 Å². The highest BCUT2D eigenvalue weighted by Gasteiger charge is 2.21. The van der Waals surface area contributed by atoms with Crippen LogP contribution < -0.4 is 10.2 Å². The van der Waals surface area contributed by atoms with Gasteiger partial charge in [0.2, 0.25) is 11.9 Å². The third kappa shape index (κ3) is 3.18. The minimum Gasteiger partial charge on any atom is -0.353 e. The fourth-order valence-corrected chi connectivity index (χ4v) is 2.36. The number of rotatable bonds is 2. The fourth-order valence-electron chi connectivity index (χ4n) is 2.36. The Morgan fingerprint density at radius 3 is 2.33 bits per heavy atom. The molecular formula is C13H20N4O. The summed E-state index contributed by atoms with van der Waals surface area (Å²) < 4.78 is 0. The molecule has 1 aromatic heterocycles. The number of nitrogens with one attached hydrogen (secondary N) is 1. The smallest absolute Gasteiger partial charge is 0.225 e. The largest absolute Gasteiger partial charge is 0.353 e. The Bertz CT molecular complexity index is 418. The molecule has 1 amide bonds. The van der Waals surface area contributed by atoms with E-state index < -0.39 is 0 Å². The van der Waals surface area contributed by atoms with E-state index in [2.05, 4.69) is 20.2 Å². The quantitative estimate of drug-likeness (QED) is 0.854. The molecule has 2 heterocycles. The number of carbonyl (C=O) groups is 1. The molecule has 2 rings (SSSR count). The van der Waals surface area contributed by atoms with Crippen LogP contribution in [0.4, 0.5) is 5.95 Å². The second kappa shape index (κ2) is 5.33. The van der Waals surface area contributed by atoms with Gasteiger partial charge in [-0.25, -0.2) is 9.97 Å². The third-order valence-corrected chi connectivity index (χ3v) is 3.16. The maximum absolute atomic E-state index is 11.0. The van der Waals surface area contributed by atoms with Crippen molar-refractivity contribution in [1.29, 1.82) is 0 Å². The zero-order valence-corrected chi connectivity index (χ0v) is 11.2. The molecule has 0 saturated carbocycles. The zero-order valence-electron chi connectivity index (χ0n) is 11.2. The van der Waals surface area contributed by atoms with Crippen molar-refractivity contribution in [3.8, 4) is 0 Å². The van der Waals surface area contributed by atoms with Crippen molar-refractivity contribution in [1.82, 2.24) is 15.3 Å². The average molecular weight is 248 g/mol. The molecule has 1 saturated heterocycles. The summed E-state index contributed by atoms with van der Waals surface area (Å²) in [5, 5.41) is 2.97. The first-order valence-corrected chi connectivity index (χ1v) is 6.39. The van der Waals surface area contributed by atoms with Crippen molar-refractivity contribution in [3.63, 3.8) is 0 Å². The monoisotopic (exact) mass is 248 g/mol. The standard InChI is InChI=1S/C13H20N4O/c1-9-8-10(2)15-13(14-9)17-6-4-12(5-7-17)16-11(3)18/h8,12H,4-7H2,1-3H3,(H,16,18). The van der Waals surface area contributed by atoms with Gasteiger partial charge in [0.15, 0.2) is 0 Å². The summed E-state index contributed by atoms with van der Waals surface area (Å²) in [5.74, 6) is 0.866. The molecule has 0 atom stereocenters. The lowest BCUT2D eigenvalue weighted by Crippen LogP contribution is -2.44. The predicted molar refractivity (Wildman–Crippen MR) is 70.6 cm³/mol. The van der Waals surface area contributed by atoms with Crippen molar-refractivity contribution in [2.45, 2.75) is 39.7 Å². The van der Waals surface area contributed by atoms with Gasteiger partial charge >= 0.3 is 0 Å². The molecule has 0 radical (unpaired) electrons. The molecule has 5 nitrogen and oxygen atoms in total. The van der Waals surface area contributed by atoms with E-state index in [-0.39, 0.29) is 5.91 Å². The summed E-state index contributed by atoms with van der Waals surface area (Å²) in [6.07, 6.45) is 1.91. The number of hydrogen-bond donors (Lipinski definition) is 1. The lowest BCUT2D eigenvalue weighted by atomic mass is 10.1. The lowest BCUT2D eigenvalue weighted by Gasteiger charge is -2.32. The Hall–Kier alpha value is -1.65. The number of amides is 1. The number of aromatic nitrogens is 2. The van der Waals surface area contributed by atoms with E-state index in [4.69, 9.17) is 0 Å². The molecule has 1 N–H and O–H groups in total. The molecule has 0 aromatic carbocycles. The van der Waals surface area contributed by atoms with Gasteiger partial charge < -0.3 is 10.2 Å². The van der Waals surface area contributed by atoms with Crippen molar-refractivity contribution < 1.29 is 4.79 Å². The number of anilines is 1. The summed E-state index contributed by atoms with van der Waals surface area (Å²) >= 11 is 0. The van der Waals surface area contributed by atoms with E-state index in [0.717, 1.165) is 43.3 Å². The molecule has 5 heteroatoms. The first-order chi connectivity index (χ1) is 8.54. The summed E-state index contributed by atoms with van der Waals surface area (Å²) in [6, 6.07) is 2.28. The molecule has 1 aromatic rings. The van der Waals surface area contributed by atoms with Crippen LogP contribution in [0.5, 0.6) is 0 Å².